The van der Waals surface area contributed by atoms with Crippen LogP contribution >= 0.6 is 0 Å². The third-order valence-corrected chi connectivity index (χ3v) is 4.55. The summed E-state index contributed by atoms with van der Waals surface area (Å²) in [7, 11) is 0. The van der Waals surface area contributed by atoms with E-state index >= 15 is 0 Å². The van der Waals surface area contributed by atoms with Gasteiger partial charge >= 0.3 is 0 Å². The Bertz CT molecular complexity index is 856. The fourth-order valence-corrected chi connectivity index (χ4v) is 3.25. The summed E-state index contributed by atoms with van der Waals surface area (Å²) in [5, 5.41) is 4.23. The van der Waals surface area contributed by atoms with Crippen molar-refractivity contribution < 1.29 is 0 Å². The lowest BCUT2D eigenvalue weighted by molar-refractivity contribution is 0.320. The van der Waals surface area contributed by atoms with Gasteiger partial charge in [0, 0.05) is 17.9 Å². The molecule has 5 nitrogen and oxygen atoms in total. The maximum absolute atomic E-state index is 6.14. The average molecular weight is 307 g/mol. The molecule has 0 amide bonds. The second-order valence-electron chi connectivity index (χ2n) is 6.48. The molecule has 1 saturated carbocycles. The Labute approximate surface area is 135 Å². The Kier molecular flexibility index (Phi) is 3.22. The monoisotopic (exact) mass is 307 g/mol. The number of fused-ring (bicyclic) bond motifs is 1. The Balaban J connectivity index is 1.74. The summed E-state index contributed by atoms with van der Waals surface area (Å²) in [5.74, 6) is 1.08. The van der Waals surface area contributed by atoms with E-state index in [1.807, 2.05) is 6.07 Å². The van der Waals surface area contributed by atoms with E-state index in [4.69, 9.17) is 10.7 Å². The number of hydrogen-bond donors (Lipinski definition) is 2. The molecule has 1 aliphatic carbocycles. The summed E-state index contributed by atoms with van der Waals surface area (Å²) in [4.78, 5) is 9.13. The van der Waals surface area contributed by atoms with Crippen molar-refractivity contribution in [2.75, 3.05) is 11.1 Å². The van der Waals surface area contributed by atoms with E-state index in [0.29, 0.717) is 17.8 Å². The van der Waals surface area contributed by atoms with E-state index in [1.165, 1.54) is 30.4 Å². The van der Waals surface area contributed by atoms with Gasteiger partial charge in [0.15, 0.2) is 0 Å². The minimum absolute atomic E-state index is 0.528. The van der Waals surface area contributed by atoms with Crippen LogP contribution in [-0.2, 0) is 0 Å². The van der Waals surface area contributed by atoms with Gasteiger partial charge in [-0.15, -0.1) is 0 Å². The smallest absolute Gasteiger partial charge is 0.231 e. The number of rotatable bonds is 3. The van der Waals surface area contributed by atoms with E-state index in [0.717, 1.165) is 16.7 Å². The lowest BCUT2D eigenvalue weighted by Gasteiger charge is -2.27. The molecule has 2 aromatic heterocycles. The van der Waals surface area contributed by atoms with E-state index < -0.39 is 0 Å². The molecule has 4 rings (SSSR count). The summed E-state index contributed by atoms with van der Waals surface area (Å²) >= 11 is 0. The van der Waals surface area contributed by atoms with Crippen molar-refractivity contribution >= 4 is 28.5 Å². The fourth-order valence-electron chi connectivity index (χ4n) is 3.25. The number of benzene rings is 1. The van der Waals surface area contributed by atoms with E-state index in [-0.39, 0.29) is 0 Å². The molecule has 23 heavy (non-hydrogen) atoms. The molecule has 2 heterocycles. The molecule has 1 fully saturated rings. The zero-order valence-corrected chi connectivity index (χ0v) is 13.5. The molecule has 0 aliphatic heterocycles. The fraction of sp³-hybridized carbons (Fsp3) is 0.333. The topological polar surface area (TPSA) is 68.8 Å². The molecular formula is C18H21N5. The van der Waals surface area contributed by atoms with Gasteiger partial charge in [0.2, 0.25) is 5.95 Å². The molecular weight excluding hydrogens is 286 g/mol. The van der Waals surface area contributed by atoms with Crippen molar-refractivity contribution in [1.82, 2.24) is 14.5 Å². The molecule has 0 bridgehead atoms. The average Bonchev–Trinajstić information content (AvgIpc) is 2.80. The van der Waals surface area contributed by atoms with Gasteiger partial charge in [-0.1, -0.05) is 6.07 Å². The second-order valence-corrected chi connectivity index (χ2v) is 6.48. The van der Waals surface area contributed by atoms with E-state index in [9.17, 15) is 0 Å². The van der Waals surface area contributed by atoms with Crippen LogP contribution in [0.15, 0.2) is 30.5 Å². The highest BCUT2D eigenvalue weighted by Crippen LogP contribution is 2.35. The molecule has 5 heteroatoms. The van der Waals surface area contributed by atoms with Crippen LogP contribution in [-0.4, -0.2) is 14.5 Å². The van der Waals surface area contributed by atoms with Crippen molar-refractivity contribution in [1.29, 1.82) is 0 Å². The first kappa shape index (κ1) is 14.1. The van der Waals surface area contributed by atoms with Crippen molar-refractivity contribution in [2.45, 2.75) is 39.2 Å². The summed E-state index contributed by atoms with van der Waals surface area (Å²) in [6, 6.07) is 8.88. The normalized spacial score (nSPS) is 14.9. The van der Waals surface area contributed by atoms with Gasteiger partial charge in [-0.3, -0.25) is 0 Å². The maximum atomic E-state index is 6.14. The zero-order chi connectivity index (χ0) is 16.0. The van der Waals surface area contributed by atoms with Crippen LogP contribution in [0.5, 0.6) is 0 Å². The molecule has 0 unspecified atom stereocenters. The molecule has 3 aromatic rings. The Morgan fingerprint density at radius 1 is 1.13 bits per heavy atom. The van der Waals surface area contributed by atoms with Crippen LogP contribution in [0, 0.1) is 13.8 Å². The zero-order valence-electron chi connectivity index (χ0n) is 13.5. The number of aryl methyl sites for hydroxylation is 2. The minimum atomic E-state index is 0.528. The summed E-state index contributed by atoms with van der Waals surface area (Å²) in [6.45, 7) is 4.16. The quantitative estimate of drug-likeness (QED) is 0.764. The highest BCUT2D eigenvalue weighted by atomic mass is 15.2. The first-order valence-electron chi connectivity index (χ1n) is 8.09. The molecule has 1 aliphatic rings. The SMILES string of the molecule is Cc1cc(C)cc(Nc2nc(N)c3ccn(C4CCC4)c3n2)c1. The molecule has 0 radical (unpaired) electrons. The molecule has 0 saturated heterocycles. The van der Waals surface area contributed by atoms with Gasteiger partial charge in [-0.2, -0.15) is 9.97 Å². The predicted molar refractivity (Wildman–Crippen MR) is 94.0 cm³/mol. The van der Waals surface area contributed by atoms with Crippen molar-refractivity contribution in [3.63, 3.8) is 0 Å². The molecule has 0 spiro atoms. The summed E-state index contributed by atoms with van der Waals surface area (Å²) in [6.07, 6.45) is 5.81. The van der Waals surface area contributed by atoms with Crippen LogP contribution in [0.3, 0.4) is 0 Å². The maximum Gasteiger partial charge on any atom is 0.231 e. The second kappa shape index (κ2) is 5.26. The van der Waals surface area contributed by atoms with Crippen LogP contribution in [0.2, 0.25) is 0 Å². The lowest BCUT2D eigenvalue weighted by Crippen LogP contribution is -2.16. The van der Waals surface area contributed by atoms with Crippen molar-refractivity contribution in [2.24, 2.45) is 0 Å². The Morgan fingerprint density at radius 3 is 2.52 bits per heavy atom. The first-order valence-corrected chi connectivity index (χ1v) is 8.09. The van der Waals surface area contributed by atoms with Crippen LogP contribution in [0.1, 0.15) is 36.4 Å². The van der Waals surface area contributed by atoms with Gasteiger partial charge in [0.05, 0.1) is 5.39 Å². The number of nitrogen functional groups attached to an aromatic ring is 1. The summed E-state index contributed by atoms with van der Waals surface area (Å²) in [5.41, 5.74) is 10.5. The number of nitrogens with one attached hydrogen (secondary N) is 1. The van der Waals surface area contributed by atoms with E-state index in [1.54, 1.807) is 0 Å². The number of anilines is 3. The molecule has 118 valence electrons. The minimum Gasteiger partial charge on any atom is -0.383 e. The summed E-state index contributed by atoms with van der Waals surface area (Å²) < 4.78 is 2.24. The molecule has 1 aromatic carbocycles. The molecule has 0 atom stereocenters. The Morgan fingerprint density at radius 2 is 1.87 bits per heavy atom. The van der Waals surface area contributed by atoms with Crippen molar-refractivity contribution in [3.05, 3.63) is 41.6 Å². The highest BCUT2D eigenvalue weighted by Gasteiger charge is 2.22. The number of aromatic nitrogens is 3. The largest absolute Gasteiger partial charge is 0.383 e. The van der Waals surface area contributed by atoms with Gasteiger partial charge in [-0.05, 0) is 62.4 Å². The standard InChI is InChI=1S/C18H21N5/c1-11-8-12(2)10-13(9-11)20-18-21-16(19)15-6-7-23(17(15)22-18)14-4-3-5-14/h6-10,14H,3-5H2,1-2H3,(H3,19,20,21,22). The van der Waals surface area contributed by atoms with E-state index in [2.05, 4.69) is 53.1 Å². The lowest BCUT2D eigenvalue weighted by atomic mass is 9.93. The highest BCUT2D eigenvalue weighted by molar-refractivity contribution is 5.87. The molecule has 3 N–H and O–H groups in total. The van der Waals surface area contributed by atoms with Crippen molar-refractivity contribution in [3.8, 4) is 0 Å². The first-order chi connectivity index (χ1) is 11.1. The van der Waals surface area contributed by atoms with Gasteiger partial charge in [0.1, 0.15) is 11.5 Å². The van der Waals surface area contributed by atoms with Gasteiger partial charge in [0.25, 0.3) is 0 Å². The third kappa shape index (κ3) is 2.52. The number of nitrogens with two attached hydrogens (primary N) is 1. The van der Waals surface area contributed by atoms with Gasteiger partial charge < -0.3 is 15.6 Å². The predicted octanol–water partition coefficient (Wildman–Crippen LogP) is 4.10. The Hall–Kier alpha value is -2.56. The van der Waals surface area contributed by atoms with Crippen LogP contribution in [0.25, 0.3) is 11.0 Å². The van der Waals surface area contributed by atoms with Gasteiger partial charge in [-0.25, -0.2) is 0 Å². The number of hydrogen-bond acceptors (Lipinski definition) is 4. The number of nitrogens with zero attached hydrogens (tertiary/aromatic N) is 3. The van der Waals surface area contributed by atoms with Crippen LogP contribution in [0.4, 0.5) is 17.5 Å². The third-order valence-electron chi connectivity index (χ3n) is 4.55. The van der Waals surface area contributed by atoms with Crippen LogP contribution < -0.4 is 11.1 Å².